The molecule has 0 unspecified atom stereocenters. The van der Waals surface area contributed by atoms with Gasteiger partial charge in [0.25, 0.3) is 5.91 Å². The number of carbonyl (C=O) groups excluding carboxylic acids is 2. The van der Waals surface area contributed by atoms with Crippen LogP contribution in [0.2, 0.25) is 0 Å². The summed E-state index contributed by atoms with van der Waals surface area (Å²) >= 11 is 0. The molecule has 0 bridgehead atoms. The first-order valence-electron chi connectivity index (χ1n) is 10.8. The highest BCUT2D eigenvalue weighted by atomic mass is 16.4. The van der Waals surface area contributed by atoms with Gasteiger partial charge in [-0.25, -0.2) is 4.79 Å². The van der Waals surface area contributed by atoms with E-state index in [9.17, 15) is 19.5 Å². The zero-order chi connectivity index (χ0) is 24.0. The van der Waals surface area contributed by atoms with E-state index in [2.05, 4.69) is 5.32 Å². The fourth-order valence-corrected chi connectivity index (χ4v) is 3.46. The minimum absolute atomic E-state index is 0.0368. The molecule has 1 atom stereocenters. The van der Waals surface area contributed by atoms with Crippen molar-refractivity contribution in [3.05, 3.63) is 101 Å². The second-order valence-corrected chi connectivity index (χ2v) is 8.30. The molecule has 1 amide bonds. The molecule has 0 aliphatic rings. The maximum Gasteiger partial charge on any atom is 0.326 e. The van der Waals surface area contributed by atoms with E-state index in [1.54, 1.807) is 38.1 Å². The lowest BCUT2D eigenvalue weighted by Gasteiger charge is -2.18. The van der Waals surface area contributed by atoms with E-state index in [0.717, 1.165) is 11.1 Å². The summed E-state index contributed by atoms with van der Waals surface area (Å²) in [6.07, 6.45) is 5.64. The third kappa shape index (κ3) is 6.07. The minimum Gasteiger partial charge on any atom is -0.480 e. The Morgan fingerprint density at radius 1 is 1.00 bits per heavy atom. The van der Waals surface area contributed by atoms with Gasteiger partial charge in [0.05, 0.1) is 5.69 Å². The van der Waals surface area contributed by atoms with Crippen molar-refractivity contribution in [2.45, 2.75) is 33.4 Å². The number of hydrogen-bond acceptors (Lipinski definition) is 3. The summed E-state index contributed by atoms with van der Waals surface area (Å²) in [5.41, 5.74) is 3.54. The van der Waals surface area contributed by atoms with Crippen LogP contribution in [0.25, 0.3) is 6.08 Å². The van der Waals surface area contributed by atoms with Gasteiger partial charge in [0.1, 0.15) is 6.04 Å². The van der Waals surface area contributed by atoms with Gasteiger partial charge in [0.2, 0.25) is 5.78 Å². The molecule has 2 aromatic carbocycles. The highest BCUT2D eigenvalue weighted by Gasteiger charge is 2.23. The lowest BCUT2D eigenvalue weighted by molar-refractivity contribution is -0.140. The molecular formula is C27H28N2O4. The number of amides is 1. The minimum atomic E-state index is -1.06. The van der Waals surface area contributed by atoms with Crippen molar-refractivity contribution in [3.63, 3.8) is 0 Å². The van der Waals surface area contributed by atoms with Crippen molar-refractivity contribution < 1.29 is 19.5 Å². The number of nitrogens with one attached hydrogen (secondary N) is 1. The molecule has 6 heteroatoms. The van der Waals surface area contributed by atoms with Crippen molar-refractivity contribution in [2.75, 3.05) is 0 Å². The Bertz CT molecular complexity index is 1170. The summed E-state index contributed by atoms with van der Waals surface area (Å²) < 4.78 is 1.87. The molecule has 3 rings (SSSR count). The fourth-order valence-electron chi connectivity index (χ4n) is 3.46. The maximum absolute atomic E-state index is 12.8. The third-order valence-electron chi connectivity index (χ3n) is 5.36. The van der Waals surface area contributed by atoms with Gasteiger partial charge >= 0.3 is 5.97 Å². The number of aliphatic carboxylic acids is 1. The van der Waals surface area contributed by atoms with Gasteiger partial charge in [-0.2, -0.15) is 0 Å². The Labute approximate surface area is 193 Å². The number of carbonyl (C=O) groups is 3. The molecule has 0 aliphatic heterocycles. The Morgan fingerprint density at radius 2 is 1.73 bits per heavy atom. The molecule has 0 radical (unpaired) electrons. The first kappa shape index (κ1) is 23.7. The zero-order valence-electron chi connectivity index (χ0n) is 19.0. The van der Waals surface area contributed by atoms with Gasteiger partial charge in [-0.1, -0.05) is 68.0 Å². The van der Waals surface area contributed by atoms with E-state index in [4.69, 9.17) is 0 Å². The molecule has 3 aromatic rings. The monoisotopic (exact) mass is 444 g/mol. The molecule has 0 saturated heterocycles. The number of carboxylic acid groups (broad SMARTS) is 1. The van der Waals surface area contributed by atoms with Crippen LogP contribution in [0.5, 0.6) is 0 Å². The zero-order valence-corrected chi connectivity index (χ0v) is 19.0. The number of nitrogens with zero attached hydrogens (tertiary/aromatic N) is 1. The molecule has 0 saturated carbocycles. The summed E-state index contributed by atoms with van der Waals surface area (Å²) in [4.78, 5) is 36.7. The van der Waals surface area contributed by atoms with E-state index < -0.39 is 17.9 Å². The Morgan fingerprint density at radius 3 is 2.39 bits per heavy atom. The van der Waals surface area contributed by atoms with Crippen LogP contribution in [0.1, 0.15) is 51.4 Å². The normalized spacial score (nSPS) is 12.1. The smallest absolute Gasteiger partial charge is 0.326 e. The van der Waals surface area contributed by atoms with Gasteiger partial charge in [-0.05, 0) is 42.7 Å². The number of ketones is 1. The average molecular weight is 445 g/mol. The van der Waals surface area contributed by atoms with Crippen LogP contribution in [-0.4, -0.2) is 33.4 Å². The predicted molar refractivity (Wildman–Crippen MR) is 128 cm³/mol. The molecule has 2 N–H and O–H groups in total. The summed E-state index contributed by atoms with van der Waals surface area (Å²) in [5, 5.41) is 11.9. The van der Waals surface area contributed by atoms with E-state index in [1.807, 2.05) is 66.2 Å². The predicted octanol–water partition coefficient (Wildman–Crippen LogP) is 4.58. The van der Waals surface area contributed by atoms with Crippen LogP contribution in [0, 0.1) is 12.8 Å². The van der Waals surface area contributed by atoms with Gasteiger partial charge in [0, 0.05) is 23.9 Å². The van der Waals surface area contributed by atoms with Crippen molar-refractivity contribution in [3.8, 4) is 0 Å². The molecule has 1 aromatic heterocycles. The number of benzene rings is 2. The summed E-state index contributed by atoms with van der Waals surface area (Å²) in [5.74, 6) is -1.75. The van der Waals surface area contributed by atoms with Gasteiger partial charge in [-0.15, -0.1) is 0 Å². The Balaban J connectivity index is 1.69. The van der Waals surface area contributed by atoms with Crippen molar-refractivity contribution >= 4 is 23.7 Å². The molecule has 0 aliphatic carbocycles. The fraction of sp³-hybridized carbons (Fsp3) is 0.222. The number of aromatic nitrogens is 1. The van der Waals surface area contributed by atoms with Crippen LogP contribution in [0.15, 0.2) is 72.9 Å². The van der Waals surface area contributed by atoms with E-state index in [-0.39, 0.29) is 11.7 Å². The van der Waals surface area contributed by atoms with Crippen molar-refractivity contribution in [1.82, 2.24) is 9.88 Å². The first-order chi connectivity index (χ1) is 15.8. The van der Waals surface area contributed by atoms with E-state index in [1.165, 1.54) is 0 Å². The van der Waals surface area contributed by atoms with Crippen LogP contribution in [-0.2, 0) is 11.3 Å². The average Bonchev–Trinajstić information content (AvgIpc) is 3.25. The Kier molecular flexibility index (Phi) is 7.61. The highest BCUT2D eigenvalue weighted by molar-refractivity contribution is 6.08. The van der Waals surface area contributed by atoms with Gasteiger partial charge in [0.15, 0.2) is 0 Å². The van der Waals surface area contributed by atoms with Crippen molar-refractivity contribution in [1.29, 1.82) is 0 Å². The summed E-state index contributed by atoms with van der Waals surface area (Å²) in [6, 6.07) is 17.2. The molecular weight excluding hydrogens is 416 g/mol. The molecule has 33 heavy (non-hydrogen) atoms. The maximum atomic E-state index is 12.8. The third-order valence-corrected chi connectivity index (χ3v) is 5.36. The second kappa shape index (κ2) is 10.6. The molecule has 0 spiro atoms. The number of allylic oxidation sites excluding steroid dienone is 1. The topological polar surface area (TPSA) is 88.4 Å². The largest absolute Gasteiger partial charge is 0.480 e. The lowest BCUT2D eigenvalue weighted by atomic mass is 10.0. The Hall–Kier alpha value is -3.93. The summed E-state index contributed by atoms with van der Waals surface area (Å²) in [6.45, 7) is 5.97. The van der Waals surface area contributed by atoms with Crippen LogP contribution >= 0.6 is 0 Å². The van der Waals surface area contributed by atoms with Gasteiger partial charge in [-0.3, -0.25) is 9.59 Å². The number of aryl methyl sites for hydroxylation is 1. The molecule has 0 fully saturated rings. The van der Waals surface area contributed by atoms with Crippen molar-refractivity contribution in [2.24, 2.45) is 5.92 Å². The standard InChI is InChI=1S/C27H28N2O4/c1-18(2)24(27(32)33)28-26(31)22-9-4-7-20(17-22)8-5-15-29-16-6-10-23(29)25(30)21-13-11-19(3)12-14-21/h4-14,16-18,24H,15H2,1-3H3,(H,28,31)(H,32,33)/b8-5+/t24-/m1/s1. The van der Waals surface area contributed by atoms with Crippen LogP contribution < -0.4 is 5.32 Å². The van der Waals surface area contributed by atoms with Crippen LogP contribution in [0.4, 0.5) is 0 Å². The lowest BCUT2D eigenvalue weighted by Crippen LogP contribution is -2.44. The number of hydrogen-bond donors (Lipinski definition) is 2. The molecule has 170 valence electrons. The second-order valence-electron chi connectivity index (χ2n) is 8.30. The molecule has 1 heterocycles. The van der Waals surface area contributed by atoms with Crippen LogP contribution in [0.3, 0.4) is 0 Å². The van der Waals surface area contributed by atoms with Gasteiger partial charge < -0.3 is 15.0 Å². The number of carboxylic acids is 1. The summed E-state index contributed by atoms with van der Waals surface area (Å²) in [7, 11) is 0. The quantitative estimate of drug-likeness (QED) is 0.473. The van der Waals surface area contributed by atoms with E-state index >= 15 is 0 Å². The SMILES string of the molecule is Cc1ccc(C(=O)c2cccn2C/C=C/c2cccc(C(=O)N[C@@H](C(=O)O)C(C)C)c2)cc1. The van der Waals surface area contributed by atoms with E-state index in [0.29, 0.717) is 23.4 Å². The molecule has 6 nitrogen and oxygen atoms in total. The first-order valence-corrected chi connectivity index (χ1v) is 10.8. The highest BCUT2D eigenvalue weighted by Crippen LogP contribution is 2.14. The number of rotatable bonds is 9.